The van der Waals surface area contributed by atoms with Crippen molar-refractivity contribution in [2.75, 3.05) is 5.32 Å². The molecule has 0 aliphatic carbocycles. The minimum atomic E-state index is -0.806. The Morgan fingerprint density at radius 1 is 1.25 bits per heavy atom. The molecule has 2 rings (SSSR count). The molecule has 1 unspecified atom stereocenters. The summed E-state index contributed by atoms with van der Waals surface area (Å²) in [4.78, 5) is 11.9. The highest BCUT2D eigenvalue weighted by Crippen LogP contribution is 2.23. The number of ether oxygens (including phenoxy) is 1. The van der Waals surface area contributed by atoms with E-state index in [0.29, 0.717) is 10.2 Å². The molecule has 20 heavy (non-hydrogen) atoms. The molecule has 0 saturated carbocycles. The monoisotopic (exact) mass is 337 g/mol. The summed E-state index contributed by atoms with van der Waals surface area (Å²) in [5.41, 5.74) is 0.669. The van der Waals surface area contributed by atoms with E-state index < -0.39 is 11.9 Å². The quantitative estimate of drug-likeness (QED) is 0.915. The Balaban J connectivity index is 2.02. The molecule has 0 aliphatic rings. The zero-order chi connectivity index (χ0) is 14.5. The van der Waals surface area contributed by atoms with E-state index in [-0.39, 0.29) is 11.7 Å². The molecular formula is C15H13BrFNO2. The van der Waals surface area contributed by atoms with Gasteiger partial charge < -0.3 is 10.1 Å². The van der Waals surface area contributed by atoms with E-state index in [9.17, 15) is 9.18 Å². The second-order valence-corrected chi connectivity index (χ2v) is 5.11. The topological polar surface area (TPSA) is 38.3 Å². The molecule has 104 valence electrons. The van der Waals surface area contributed by atoms with Gasteiger partial charge in [0.2, 0.25) is 0 Å². The highest BCUT2D eigenvalue weighted by atomic mass is 79.9. The molecule has 2 aromatic carbocycles. The van der Waals surface area contributed by atoms with Crippen molar-refractivity contribution in [3.63, 3.8) is 0 Å². The molecule has 2 aromatic rings. The van der Waals surface area contributed by atoms with Crippen LogP contribution in [-0.4, -0.2) is 12.0 Å². The van der Waals surface area contributed by atoms with Gasteiger partial charge in [0.05, 0.1) is 0 Å². The second-order valence-electron chi connectivity index (χ2n) is 4.19. The molecular weight excluding hydrogens is 325 g/mol. The zero-order valence-corrected chi connectivity index (χ0v) is 12.4. The molecule has 5 heteroatoms. The summed E-state index contributed by atoms with van der Waals surface area (Å²) >= 11 is 3.23. The average molecular weight is 338 g/mol. The second kappa shape index (κ2) is 6.52. The predicted molar refractivity (Wildman–Crippen MR) is 79.3 cm³/mol. The molecule has 1 N–H and O–H groups in total. The maximum atomic E-state index is 13.5. The molecule has 3 nitrogen and oxygen atoms in total. The van der Waals surface area contributed by atoms with E-state index in [1.54, 1.807) is 25.1 Å². The first kappa shape index (κ1) is 14.5. The maximum absolute atomic E-state index is 13.5. The molecule has 0 spiro atoms. The lowest BCUT2D eigenvalue weighted by atomic mass is 10.3. The van der Waals surface area contributed by atoms with Gasteiger partial charge in [-0.05, 0) is 37.3 Å². The van der Waals surface area contributed by atoms with Gasteiger partial charge in [-0.1, -0.05) is 34.1 Å². The number of carbonyl (C=O) groups excluding carboxylic acids is 1. The minimum Gasteiger partial charge on any atom is -0.478 e. The van der Waals surface area contributed by atoms with E-state index in [1.165, 1.54) is 12.1 Å². The number of carbonyl (C=O) groups is 1. The van der Waals surface area contributed by atoms with Crippen molar-refractivity contribution in [1.82, 2.24) is 0 Å². The molecule has 0 fully saturated rings. The summed E-state index contributed by atoms with van der Waals surface area (Å²) in [5.74, 6) is -0.807. The molecule has 0 radical (unpaired) electrons. The Bertz CT molecular complexity index is 604. The van der Waals surface area contributed by atoms with Gasteiger partial charge in [-0.3, -0.25) is 4.79 Å². The number of halogens is 2. The normalized spacial score (nSPS) is 11.8. The van der Waals surface area contributed by atoms with Crippen LogP contribution in [-0.2, 0) is 4.79 Å². The van der Waals surface area contributed by atoms with Gasteiger partial charge in [-0.2, -0.15) is 0 Å². The summed E-state index contributed by atoms with van der Waals surface area (Å²) < 4.78 is 19.6. The number of hydrogen-bond donors (Lipinski definition) is 1. The molecule has 0 saturated heterocycles. The van der Waals surface area contributed by atoms with Crippen LogP contribution >= 0.6 is 15.9 Å². The predicted octanol–water partition coefficient (Wildman–Crippen LogP) is 3.99. The van der Waals surface area contributed by atoms with Crippen molar-refractivity contribution in [3.05, 3.63) is 58.8 Å². The number of benzene rings is 2. The fourth-order valence-electron chi connectivity index (χ4n) is 1.58. The smallest absolute Gasteiger partial charge is 0.265 e. The van der Waals surface area contributed by atoms with Gasteiger partial charge >= 0.3 is 0 Å². The van der Waals surface area contributed by atoms with Crippen LogP contribution < -0.4 is 10.1 Å². The third-order valence-corrected chi connectivity index (χ3v) is 3.10. The first-order chi connectivity index (χ1) is 9.56. The molecule has 0 aliphatic heterocycles. The maximum Gasteiger partial charge on any atom is 0.265 e. The lowest BCUT2D eigenvalue weighted by Crippen LogP contribution is -2.30. The minimum absolute atomic E-state index is 0.0371. The fourth-order valence-corrected chi connectivity index (χ4v) is 1.92. The van der Waals surface area contributed by atoms with Gasteiger partial charge in [0, 0.05) is 10.2 Å². The number of nitrogens with one attached hydrogen (secondary N) is 1. The van der Waals surface area contributed by atoms with E-state index >= 15 is 0 Å². The molecule has 1 atom stereocenters. The molecule has 0 aromatic heterocycles. The van der Waals surface area contributed by atoms with Gasteiger partial charge in [0.15, 0.2) is 17.7 Å². The van der Waals surface area contributed by atoms with Crippen LogP contribution in [0.1, 0.15) is 6.92 Å². The van der Waals surface area contributed by atoms with E-state index in [2.05, 4.69) is 21.2 Å². The summed E-state index contributed by atoms with van der Waals surface area (Å²) in [6.45, 7) is 1.57. The van der Waals surface area contributed by atoms with Crippen molar-refractivity contribution in [2.45, 2.75) is 13.0 Å². The van der Waals surface area contributed by atoms with E-state index in [0.717, 1.165) is 0 Å². The van der Waals surface area contributed by atoms with Crippen LogP contribution in [0.3, 0.4) is 0 Å². The standard InChI is InChI=1S/C15H13BrFNO2/c1-10(15(19)18-12-5-3-2-4-6-12)20-14-9-11(16)7-8-13(14)17/h2-10H,1H3,(H,18,19). The Morgan fingerprint density at radius 3 is 2.65 bits per heavy atom. The van der Waals surface area contributed by atoms with Crippen LogP contribution in [0.25, 0.3) is 0 Å². The number of rotatable bonds is 4. The van der Waals surface area contributed by atoms with Crippen LogP contribution in [0.2, 0.25) is 0 Å². The van der Waals surface area contributed by atoms with E-state index in [1.807, 2.05) is 18.2 Å². The van der Waals surface area contributed by atoms with Crippen molar-refractivity contribution in [1.29, 1.82) is 0 Å². The number of hydrogen-bond acceptors (Lipinski definition) is 2. The van der Waals surface area contributed by atoms with Crippen LogP contribution in [0.4, 0.5) is 10.1 Å². The summed E-state index contributed by atoms with van der Waals surface area (Å²) in [6.07, 6.45) is -0.806. The zero-order valence-electron chi connectivity index (χ0n) is 10.8. The van der Waals surface area contributed by atoms with Gasteiger partial charge in [0.1, 0.15) is 0 Å². The highest BCUT2D eigenvalue weighted by molar-refractivity contribution is 9.10. The molecule has 0 heterocycles. The Kier molecular flexibility index (Phi) is 4.74. The third kappa shape index (κ3) is 3.81. The lowest BCUT2D eigenvalue weighted by molar-refractivity contribution is -0.122. The van der Waals surface area contributed by atoms with Gasteiger partial charge in [-0.15, -0.1) is 0 Å². The Hall–Kier alpha value is -1.88. The van der Waals surface area contributed by atoms with Crippen molar-refractivity contribution in [3.8, 4) is 5.75 Å². The lowest BCUT2D eigenvalue weighted by Gasteiger charge is -2.15. The number of amides is 1. The summed E-state index contributed by atoms with van der Waals surface area (Å²) in [7, 11) is 0. The Labute approximate surface area is 124 Å². The van der Waals surface area contributed by atoms with Crippen LogP contribution in [0, 0.1) is 5.82 Å². The van der Waals surface area contributed by atoms with Crippen molar-refractivity contribution < 1.29 is 13.9 Å². The average Bonchev–Trinajstić information content (AvgIpc) is 2.44. The first-order valence-corrected chi connectivity index (χ1v) is 6.83. The van der Waals surface area contributed by atoms with Crippen LogP contribution in [0.5, 0.6) is 5.75 Å². The third-order valence-electron chi connectivity index (χ3n) is 2.61. The summed E-state index contributed by atoms with van der Waals surface area (Å²) in [6, 6.07) is 13.4. The van der Waals surface area contributed by atoms with Crippen molar-refractivity contribution >= 4 is 27.5 Å². The number of anilines is 1. The number of para-hydroxylation sites is 1. The largest absolute Gasteiger partial charge is 0.478 e. The van der Waals surface area contributed by atoms with Gasteiger partial charge in [0.25, 0.3) is 5.91 Å². The van der Waals surface area contributed by atoms with Crippen molar-refractivity contribution in [2.24, 2.45) is 0 Å². The molecule has 0 bridgehead atoms. The highest BCUT2D eigenvalue weighted by Gasteiger charge is 2.16. The van der Waals surface area contributed by atoms with Gasteiger partial charge in [-0.25, -0.2) is 4.39 Å². The van der Waals surface area contributed by atoms with Crippen LogP contribution in [0.15, 0.2) is 53.0 Å². The first-order valence-electron chi connectivity index (χ1n) is 6.04. The summed E-state index contributed by atoms with van der Waals surface area (Å²) in [5, 5.41) is 2.70. The van der Waals surface area contributed by atoms with E-state index in [4.69, 9.17) is 4.74 Å². The SMILES string of the molecule is CC(Oc1cc(Br)ccc1F)C(=O)Nc1ccccc1. The molecule has 1 amide bonds. The fraction of sp³-hybridized carbons (Fsp3) is 0.133. The Morgan fingerprint density at radius 2 is 1.95 bits per heavy atom.